The molecule has 48 heavy (non-hydrogen) atoms. The Hall–Kier alpha value is -6.04. The summed E-state index contributed by atoms with van der Waals surface area (Å²) in [5.41, 5.74) is 5.93. The molecule has 3 heterocycles. The number of benzene rings is 7. The Labute approximate surface area is 280 Å². The third-order valence-electron chi connectivity index (χ3n) is 9.62. The van der Waals surface area contributed by atoms with Crippen LogP contribution in [0.25, 0.3) is 74.8 Å². The van der Waals surface area contributed by atoms with Crippen molar-refractivity contribution >= 4 is 98.7 Å². The van der Waals surface area contributed by atoms with Gasteiger partial charge in [-0.3, -0.25) is 4.99 Å². The molecular formula is C43H27N3OS. The van der Waals surface area contributed by atoms with E-state index in [-0.39, 0.29) is 0 Å². The van der Waals surface area contributed by atoms with Crippen molar-refractivity contribution in [3.05, 3.63) is 151 Å². The van der Waals surface area contributed by atoms with E-state index in [0.717, 1.165) is 44.4 Å². The summed E-state index contributed by atoms with van der Waals surface area (Å²) in [5, 5.41) is 9.86. The number of hydrogen-bond donors (Lipinski definition) is 0. The molecule has 10 rings (SSSR count). The first-order valence-electron chi connectivity index (χ1n) is 16.0. The van der Waals surface area contributed by atoms with Gasteiger partial charge in [-0.15, -0.1) is 11.3 Å². The SMILES string of the molecule is C=N/C(=C1\C(=N/Cn2c3ccccc3c3c4ccccc4c4c5ccccc5sc4c32)Oc2ccccc21)c1cccc2ccccc12. The Balaban J connectivity index is 1.26. The van der Waals surface area contributed by atoms with Crippen molar-refractivity contribution in [1.82, 2.24) is 4.57 Å². The van der Waals surface area contributed by atoms with Gasteiger partial charge in [0.05, 0.1) is 27.0 Å². The molecule has 0 saturated carbocycles. The Morgan fingerprint density at radius 1 is 0.646 bits per heavy atom. The molecule has 0 unspecified atom stereocenters. The number of aromatic nitrogens is 1. The average molecular weight is 634 g/mol. The van der Waals surface area contributed by atoms with E-state index in [1.165, 1.54) is 47.2 Å². The first-order valence-corrected chi connectivity index (χ1v) is 16.9. The Bertz CT molecular complexity index is 2870. The number of hydrogen-bond acceptors (Lipinski definition) is 4. The molecule has 4 nitrogen and oxygen atoms in total. The summed E-state index contributed by atoms with van der Waals surface area (Å²) in [5.74, 6) is 1.32. The molecule has 0 radical (unpaired) electrons. The summed E-state index contributed by atoms with van der Waals surface area (Å²) in [6.07, 6.45) is 0. The second kappa shape index (κ2) is 10.5. The summed E-state index contributed by atoms with van der Waals surface area (Å²) in [6.45, 7) is 4.42. The van der Waals surface area contributed by atoms with Gasteiger partial charge in [-0.25, -0.2) is 4.99 Å². The summed E-state index contributed by atoms with van der Waals surface area (Å²) in [6, 6.07) is 49.0. The van der Waals surface area contributed by atoms with E-state index in [0.29, 0.717) is 12.6 Å². The fourth-order valence-corrected chi connectivity index (χ4v) is 8.87. The smallest absolute Gasteiger partial charge is 0.226 e. The van der Waals surface area contributed by atoms with Crippen molar-refractivity contribution in [3.63, 3.8) is 0 Å². The third kappa shape index (κ3) is 3.82. The quantitative estimate of drug-likeness (QED) is 0.178. The molecule has 0 amide bonds. The number of aliphatic imine (C=N–C) groups is 2. The molecule has 5 heteroatoms. The van der Waals surface area contributed by atoms with Gasteiger partial charge >= 0.3 is 0 Å². The monoisotopic (exact) mass is 633 g/mol. The van der Waals surface area contributed by atoms with Gasteiger partial charge in [-0.2, -0.15) is 0 Å². The Morgan fingerprint density at radius 2 is 1.31 bits per heavy atom. The number of fused-ring (bicyclic) bond motifs is 12. The lowest BCUT2D eigenvalue weighted by Gasteiger charge is -2.11. The third-order valence-corrected chi connectivity index (χ3v) is 10.8. The summed E-state index contributed by atoms with van der Waals surface area (Å²) < 4.78 is 11.5. The molecule has 0 spiro atoms. The molecule has 0 aliphatic carbocycles. The number of nitrogens with zero attached hydrogens (tertiary/aromatic N) is 3. The molecule has 1 aliphatic heterocycles. The maximum atomic E-state index is 6.56. The molecule has 9 aromatic rings. The summed E-state index contributed by atoms with van der Waals surface area (Å²) >= 11 is 1.86. The fraction of sp³-hybridized carbons (Fsp3) is 0.0233. The number of ether oxygens (including phenoxy) is 1. The standard InChI is InChI=1S/C43H27N3OS/c1-44-40(30-21-12-14-26-13-2-3-15-27(26)30)39-32-19-7-10-23-35(32)47-43(39)45-25-46-34-22-9-6-18-31(34)37-28-16-4-5-17-29(28)38-33-20-8-11-24-36(33)48-42(38)41(37)46/h2-24H,1,25H2/b40-39-,45-43+. The minimum Gasteiger partial charge on any atom is -0.438 e. The van der Waals surface area contributed by atoms with Gasteiger partial charge in [0.15, 0.2) is 0 Å². The number of thiophene rings is 1. The highest BCUT2D eigenvalue weighted by Gasteiger charge is 2.30. The van der Waals surface area contributed by atoms with Crippen LogP contribution in [0.5, 0.6) is 5.75 Å². The molecule has 0 fully saturated rings. The van der Waals surface area contributed by atoms with Crippen LogP contribution in [-0.4, -0.2) is 17.2 Å². The lowest BCUT2D eigenvalue weighted by molar-refractivity contribution is 0.561. The predicted octanol–water partition coefficient (Wildman–Crippen LogP) is 11.5. The minimum absolute atomic E-state index is 0.373. The molecule has 0 atom stereocenters. The van der Waals surface area contributed by atoms with Crippen LogP contribution in [-0.2, 0) is 6.67 Å². The zero-order chi connectivity index (χ0) is 31.8. The number of para-hydroxylation sites is 2. The van der Waals surface area contributed by atoms with E-state index in [1.54, 1.807) is 0 Å². The molecule has 226 valence electrons. The van der Waals surface area contributed by atoms with Crippen LogP contribution in [0, 0.1) is 0 Å². The van der Waals surface area contributed by atoms with Crippen molar-refractivity contribution in [3.8, 4) is 5.75 Å². The highest BCUT2D eigenvalue weighted by molar-refractivity contribution is 7.27. The van der Waals surface area contributed by atoms with Crippen molar-refractivity contribution in [2.24, 2.45) is 9.98 Å². The minimum atomic E-state index is 0.373. The molecule has 0 bridgehead atoms. The largest absolute Gasteiger partial charge is 0.438 e. The van der Waals surface area contributed by atoms with Gasteiger partial charge in [0.25, 0.3) is 0 Å². The van der Waals surface area contributed by atoms with Crippen LogP contribution < -0.4 is 4.74 Å². The van der Waals surface area contributed by atoms with E-state index >= 15 is 0 Å². The molecule has 7 aromatic carbocycles. The highest BCUT2D eigenvalue weighted by atomic mass is 32.1. The van der Waals surface area contributed by atoms with Crippen LogP contribution in [0.4, 0.5) is 0 Å². The summed E-state index contributed by atoms with van der Waals surface area (Å²) in [4.78, 5) is 9.94. The van der Waals surface area contributed by atoms with E-state index in [4.69, 9.17) is 9.73 Å². The topological polar surface area (TPSA) is 38.9 Å². The Morgan fingerprint density at radius 3 is 2.17 bits per heavy atom. The van der Waals surface area contributed by atoms with Crippen LogP contribution in [0.1, 0.15) is 11.1 Å². The maximum absolute atomic E-state index is 6.56. The van der Waals surface area contributed by atoms with Gasteiger partial charge in [-0.1, -0.05) is 121 Å². The van der Waals surface area contributed by atoms with Crippen LogP contribution >= 0.6 is 11.3 Å². The Kier molecular flexibility index (Phi) is 5.92. The van der Waals surface area contributed by atoms with Crippen LogP contribution in [0.3, 0.4) is 0 Å². The zero-order valence-corrected chi connectivity index (χ0v) is 26.7. The second-order valence-electron chi connectivity index (χ2n) is 12.1. The number of rotatable bonds is 4. The van der Waals surface area contributed by atoms with E-state index < -0.39 is 0 Å². The average Bonchev–Trinajstić information content (AvgIpc) is 3.81. The van der Waals surface area contributed by atoms with E-state index in [1.807, 2.05) is 29.5 Å². The first kappa shape index (κ1) is 27.1. The van der Waals surface area contributed by atoms with Crippen molar-refractivity contribution in [2.75, 3.05) is 0 Å². The highest BCUT2D eigenvalue weighted by Crippen LogP contribution is 2.47. The van der Waals surface area contributed by atoms with Gasteiger partial charge in [0, 0.05) is 37.4 Å². The summed E-state index contributed by atoms with van der Waals surface area (Å²) in [7, 11) is 0. The van der Waals surface area contributed by atoms with Gasteiger partial charge in [-0.05, 0) is 46.5 Å². The van der Waals surface area contributed by atoms with Crippen molar-refractivity contribution in [2.45, 2.75) is 6.67 Å². The molecule has 1 aliphatic rings. The predicted molar refractivity (Wildman–Crippen MR) is 205 cm³/mol. The molecular weight excluding hydrogens is 607 g/mol. The molecule has 2 aromatic heterocycles. The van der Waals surface area contributed by atoms with Crippen molar-refractivity contribution in [1.29, 1.82) is 0 Å². The van der Waals surface area contributed by atoms with E-state index in [9.17, 15) is 0 Å². The normalized spacial score (nSPS) is 14.9. The first-order chi connectivity index (χ1) is 23.8. The molecule has 0 N–H and O–H groups in total. The van der Waals surface area contributed by atoms with Gasteiger partial charge in [0.1, 0.15) is 12.4 Å². The van der Waals surface area contributed by atoms with Gasteiger partial charge in [0.2, 0.25) is 5.90 Å². The van der Waals surface area contributed by atoms with Crippen LogP contribution in [0.2, 0.25) is 0 Å². The van der Waals surface area contributed by atoms with Crippen LogP contribution in [0.15, 0.2) is 150 Å². The lowest BCUT2D eigenvalue weighted by Crippen LogP contribution is -2.08. The second-order valence-corrected chi connectivity index (χ2v) is 13.2. The maximum Gasteiger partial charge on any atom is 0.226 e. The van der Waals surface area contributed by atoms with Gasteiger partial charge < -0.3 is 9.30 Å². The van der Waals surface area contributed by atoms with E-state index in [2.05, 4.69) is 138 Å². The van der Waals surface area contributed by atoms with Crippen molar-refractivity contribution < 1.29 is 4.74 Å². The fourth-order valence-electron chi connectivity index (χ4n) is 7.60. The molecule has 0 saturated heterocycles. The lowest BCUT2D eigenvalue weighted by atomic mass is 9.96. The zero-order valence-electron chi connectivity index (χ0n) is 25.9.